The predicted octanol–water partition coefficient (Wildman–Crippen LogP) is 5.75. The average Bonchev–Trinajstić information content (AvgIpc) is 2.86. The molecule has 0 aliphatic rings. The topological polar surface area (TPSA) is 113 Å². The van der Waals surface area contributed by atoms with Crippen LogP contribution in [0.3, 0.4) is 0 Å². The van der Waals surface area contributed by atoms with Crippen LogP contribution in [0.4, 0.5) is 39.0 Å². The van der Waals surface area contributed by atoms with Gasteiger partial charge in [0.25, 0.3) is 6.43 Å². The molecule has 202 valence electrons. The minimum absolute atomic E-state index is 0.0414. The summed E-state index contributed by atoms with van der Waals surface area (Å²) in [6.45, 7) is 3.46. The molecule has 3 aromatic rings. The van der Waals surface area contributed by atoms with E-state index in [9.17, 15) is 31.9 Å². The summed E-state index contributed by atoms with van der Waals surface area (Å²) in [7, 11) is 0. The Morgan fingerprint density at radius 3 is 2.42 bits per heavy atom. The van der Waals surface area contributed by atoms with Crippen LogP contribution in [-0.2, 0) is 17.5 Å². The summed E-state index contributed by atoms with van der Waals surface area (Å²) in [5.41, 5.74) is 6.01. The number of halogens is 5. The lowest BCUT2D eigenvalue weighted by atomic mass is 10.1. The number of hydrogen-bond acceptors (Lipinski definition) is 6. The second kappa shape index (κ2) is 12.0. The molecule has 38 heavy (non-hydrogen) atoms. The Hall–Kier alpha value is -4.06. The third-order valence-electron chi connectivity index (χ3n) is 5.44. The number of nitrogens with zero attached hydrogens (tertiary/aromatic N) is 2. The lowest BCUT2D eigenvalue weighted by Gasteiger charge is -2.19. The molecule has 7 nitrogen and oxygen atoms in total. The van der Waals surface area contributed by atoms with Crippen molar-refractivity contribution in [3.63, 3.8) is 0 Å². The van der Waals surface area contributed by atoms with Crippen LogP contribution in [0.25, 0.3) is 0 Å². The molecule has 1 atom stereocenters. The molecular formula is C26H26F5N5O2. The Kier molecular flexibility index (Phi) is 9.00. The number of aliphatic hydroxyl groups excluding tert-OH is 1. The summed E-state index contributed by atoms with van der Waals surface area (Å²) in [6.07, 6.45) is -6.47. The van der Waals surface area contributed by atoms with Crippen molar-refractivity contribution < 1.29 is 31.9 Å². The van der Waals surface area contributed by atoms with Crippen LogP contribution in [0.1, 0.15) is 54.4 Å². The molecule has 0 fully saturated rings. The molecule has 1 amide bonds. The molecule has 1 unspecified atom stereocenters. The number of rotatable bonds is 9. The Morgan fingerprint density at radius 1 is 1.13 bits per heavy atom. The number of anilines is 2. The summed E-state index contributed by atoms with van der Waals surface area (Å²) in [6, 6.07) is 10.0. The number of nitrogens with two attached hydrogens (primary N) is 1. The maximum Gasteiger partial charge on any atom is 0.416 e. The molecule has 0 radical (unpaired) electrons. The fourth-order valence-corrected chi connectivity index (χ4v) is 3.32. The van der Waals surface area contributed by atoms with Crippen LogP contribution < -0.4 is 16.4 Å². The first kappa shape index (κ1) is 28.5. The smallest absolute Gasteiger partial charge is 0.398 e. The van der Waals surface area contributed by atoms with Crippen LogP contribution in [0, 0.1) is 5.92 Å². The number of aliphatic imine (C=N–C) groups is 1. The van der Waals surface area contributed by atoms with Crippen LogP contribution >= 0.6 is 0 Å². The molecule has 3 rings (SSSR count). The number of hydrogen-bond donors (Lipinski definition) is 4. The van der Waals surface area contributed by atoms with Crippen LogP contribution in [0.2, 0.25) is 0 Å². The van der Waals surface area contributed by atoms with E-state index in [1.165, 1.54) is 48.8 Å². The Labute approximate surface area is 215 Å². The molecule has 0 bridgehead atoms. The molecule has 12 heteroatoms. The van der Waals surface area contributed by atoms with Crippen molar-refractivity contribution in [3.8, 4) is 0 Å². The number of amides is 1. The van der Waals surface area contributed by atoms with E-state index in [1.807, 2.05) is 0 Å². The van der Waals surface area contributed by atoms with Gasteiger partial charge in [-0.05, 0) is 54.1 Å². The first-order valence-electron chi connectivity index (χ1n) is 11.4. The maximum absolute atomic E-state index is 13.6. The molecule has 5 N–H and O–H groups in total. The van der Waals surface area contributed by atoms with Crippen molar-refractivity contribution in [1.82, 2.24) is 10.3 Å². The summed E-state index contributed by atoms with van der Waals surface area (Å²) < 4.78 is 65.4. The quantitative estimate of drug-likeness (QED) is 0.121. The van der Waals surface area contributed by atoms with Gasteiger partial charge in [0, 0.05) is 47.4 Å². The van der Waals surface area contributed by atoms with Crippen molar-refractivity contribution in [3.05, 3.63) is 82.7 Å². The van der Waals surface area contributed by atoms with Crippen LogP contribution in [0.5, 0.6) is 0 Å². The lowest BCUT2D eigenvalue weighted by molar-refractivity contribution is -0.137. The number of carbonyl (C=O) groups is 1. The number of aliphatic hydroxyl groups is 1. The van der Waals surface area contributed by atoms with Gasteiger partial charge in [-0.2, -0.15) is 13.2 Å². The lowest BCUT2D eigenvalue weighted by Crippen LogP contribution is -2.27. The Balaban J connectivity index is 1.79. The van der Waals surface area contributed by atoms with Gasteiger partial charge in [-0.3, -0.25) is 14.8 Å². The van der Waals surface area contributed by atoms with Gasteiger partial charge in [0.05, 0.1) is 11.3 Å². The number of nitrogens with one attached hydrogen (secondary N) is 2. The summed E-state index contributed by atoms with van der Waals surface area (Å²) in [5.74, 6) is -0.493. The number of alkyl halides is 5. The fraction of sp³-hybridized carbons (Fsp3) is 0.269. The van der Waals surface area contributed by atoms with Gasteiger partial charge in [0.2, 0.25) is 5.91 Å². The predicted molar refractivity (Wildman–Crippen MR) is 134 cm³/mol. The van der Waals surface area contributed by atoms with Gasteiger partial charge in [-0.1, -0.05) is 13.8 Å². The van der Waals surface area contributed by atoms with E-state index in [0.29, 0.717) is 22.5 Å². The molecule has 1 aromatic heterocycles. The molecule has 0 spiro atoms. The summed E-state index contributed by atoms with van der Waals surface area (Å²) >= 11 is 0. The average molecular weight is 536 g/mol. The van der Waals surface area contributed by atoms with E-state index < -0.39 is 30.1 Å². The third-order valence-corrected chi connectivity index (χ3v) is 5.44. The fourth-order valence-electron chi connectivity index (χ4n) is 3.32. The zero-order valence-electron chi connectivity index (χ0n) is 20.4. The molecule has 0 saturated carbocycles. The second-order valence-electron chi connectivity index (χ2n) is 8.68. The monoisotopic (exact) mass is 535 g/mol. The van der Waals surface area contributed by atoms with Gasteiger partial charge in [0.15, 0.2) is 6.23 Å². The highest BCUT2D eigenvalue weighted by atomic mass is 19.4. The normalized spacial score (nSPS) is 12.8. The second-order valence-corrected chi connectivity index (χ2v) is 8.68. The Bertz CT molecular complexity index is 1290. The minimum Gasteiger partial charge on any atom is -0.398 e. The van der Waals surface area contributed by atoms with Gasteiger partial charge < -0.3 is 21.5 Å². The number of aromatic nitrogens is 1. The van der Waals surface area contributed by atoms with E-state index in [1.54, 1.807) is 13.8 Å². The summed E-state index contributed by atoms with van der Waals surface area (Å²) in [4.78, 5) is 19.7. The molecule has 2 aromatic carbocycles. The van der Waals surface area contributed by atoms with Crippen molar-refractivity contribution in [2.45, 2.75) is 39.2 Å². The molecule has 0 aliphatic carbocycles. The maximum atomic E-state index is 13.6. The van der Waals surface area contributed by atoms with Gasteiger partial charge in [-0.15, -0.1) is 0 Å². The minimum atomic E-state index is -4.46. The van der Waals surface area contributed by atoms with Gasteiger partial charge >= 0.3 is 6.18 Å². The summed E-state index contributed by atoms with van der Waals surface area (Å²) in [5, 5.41) is 16.1. The first-order chi connectivity index (χ1) is 17.8. The van der Waals surface area contributed by atoms with Crippen LogP contribution in [-0.4, -0.2) is 22.2 Å². The highest BCUT2D eigenvalue weighted by Gasteiger charge is 2.30. The Morgan fingerprint density at radius 2 is 1.82 bits per heavy atom. The number of benzene rings is 2. The van der Waals surface area contributed by atoms with Crippen LogP contribution in [0.15, 0.2) is 59.7 Å². The van der Waals surface area contributed by atoms with E-state index in [4.69, 9.17) is 5.73 Å². The van der Waals surface area contributed by atoms with Crippen molar-refractivity contribution in [2.24, 2.45) is 10.9 Å². The molecule has 1 heterocycles. The highest BCUT2D eigenvalue weighted by molar-refractivity contribution is 5.90. The number of nitrogen functional groups attached to an aromatic ring is 1. The molecule has 0 saturated heterocycles. The van der Waals surface area contributed by atoms with Crippen molar-refractivity contribution >= 4 is 29.2 Å². The van der Waals surface area contributed by atoms with Crippen molar-refractivity contribution in [2.75, 3.05) is 11.1 Å². The van der Waals surface area contributed by atoms with E-state index in [2.05, 4.69) is 20.6 Å². The first-order valence-corrected chi connectivity index (χ1v) is 11.4. The largest absolute Gasteiger partial charge is 0.416 e. The van der Waals surface area contributed by atoms with Crippen molar-refractivity contribution in [1.29, 1.82) is 0 Å². The van der Waals surface area contributed by atoms with E-state index >= 15 is 0 Å². The van der Waals surface area contributed by atoms with E-state index in [0.717, 1.165) is 12.1 Å². The number of carbonyl (C=O) groups excluding carboxylic acids is 1. The van der Waals surface area contributed by atoms with Gasteiger partial charge in [-0.25, -0.2) is 8.78 Å². The van der Waals surface area contributed by atoms with E-state index in [-0.39, 0.29) is 29.6 Å². The number of pyridine rings is 1. The zero-order valence-corrected chi connectivity index (χ0v) is 20.4. The van der Waals surface area contributed by atoms with Gasteiger partial charge in [0.1, 0.15) is 5.69 Å². The third kappa shape index (κ3) is 7.48. The zero-order chi connectivity index (χ0) is 28.0. The highest BCUT2D eigenvalue weighted by Crippen LogP contribution is 2.31. The SMILES string of the molecule is CC(C)C(=O)NCc1cnc(C(F)F)c(C(O)Nc2ccc(N)c(C=Nc3ccc(C(F)(F)F)cc3)c2)c1. The molecular weight excluding hydrogens is 509 g/mol. The molecule has 0 aliphatic heterocycles. The standard InChI is InChI=1S/C26H26F5N5O2/c1-14(2)24(37)35-12-15-9-20(22(23(27)28)34-11-15)25(38)36-19-7-8-21(32)16(10-19)13-33-18-5-3-17(4-6-18)26(29,30)31/h3-11,13-14,23,25,36,38H,12,32H2,1-2H3,(H,35,37).